The molecule has 2 aromatic rings. The maximum atomic E-state index is 13.7. The van der Waals surface area contributed by atoms with E-state index in [0.29, 0.717) is 26.3 Å². The van der Waals surface area contributed by atoms with Gasteiger partial charge in [-0.25, -0.2) is 0 Å². The first kappa shape index (κ1) is 23.3. The van der Waals surface area contributed by atoms with Crippen molar-refractivity contribution in [2.24, 2.45) is 11.8 Å². The van der Waals surface area contributed by atoms with Crippen LogP contribution >= 0.6 is 0 Å². The largest absolute Gasteiger partial charge is 0.454 e. The molecule has 1 saturated heterocycles. The van der Waals surface area contributed by atoms with Gasteiger partial charge >= 0.3 is 0 Å². The number of hydrogen-bond donors (Lipinski definition) is 1. The number of para-hydroxylation sites is 1. The zero-order chi connectivity index (χ0) is 24.5. The lowest BCUT2D eigenvalue weighted by Gasteiger charge is -2.39. The van der Waals surface area contributed by atoms with Crippen molar-refractivity contribution in [2.45, 2.75) is 50.4 Å². The summed E-state index contributed by atoms with van der Waals surface area (Å²) in [5, 5.41) is 3.29. The fourth-order valence-corrected chi connectivity index (χ4v) is 6.45. The maximum Gasteiger partial charge on any atom is 0.231 e. The van der Waals surface area contributed by atoms with Crippen LogP contribution in [0.15, 0.2) is 42.5 Å². The van der Waals surface area contributed by atoms with Crippen molar-refractivity contribution < 1.29 is 23.8 Å². The number of amides is 2. The molecule has 36 heavy (non-hydrogen) atoms. The number of nitrogens with zero attached hydrogens (tertiary/aromatic N) is 1. The van der Waals surface area contributed by atoms with Crippen LogP contribution in [0.1, 0.15) is 49.7 Å². The molecule has 7 heteroatoms. The third-order valence-corrected chi connectivity index (χ3v) is 8.61. The minimum Gasteiger partial charge on any atom is -0.454 e. The van der Waals surface area contributed by atoms with Gasteiger partial charge in [-0.15, -0.1) is 0 Å². The highest BCUT2D eigenvalue weighted by atomic mass is 16.7. The van der Waals surface area contributed by atoms with E-state index in [1.54, 1.807) is 0 Å². The summed E-state index contributed by atoms with van der Waals surface area (Å²) in [5.74, 6) is 1.09. The Morgan fingerprint density at radius 1 is 0.972 bits per heavy atom. The van der Waals surface area contributed by atoms with Crippen LogP contribution in [0.2, 0.25) is 0 Å². The monoisotopic (exact) mass is 490 g/mol. The van der Waals surface area contributed by atoms with Crippen LogP contribution in [0.5, 0.6) is 11.5 Å². The van der Waals surface area contributed by atoms with Crippen LogP contribution in [0, 0.1) is 11.8 Å². The Labute approximate surface area is 212 Å². The molecule has 3 heterocycles. The maximum absolute atomic E-state index is 13.7. The lowest BCUT2D eigenvalue weighted by Crippen LogP contribution is -2.49. The highest BCUT2D eigenvalue weighted by molar-refractivity contribution is 5.99. The van der Waals surface area contributed by atoms with Crippen molar-refractivity contribution in [1.29, 1.82) is 0 Å². The molecule has 1 saturated carbocycles. The fraction of sp³-hybridized carbons (Fsp3) is 0.517. The zero-order valence-corrected chi connectivity index (χ0v) is 20.7. The summed E-state index contributed by atoms with van der Waals surface area (Å²) in [4.78, 5) is 29.2. The number of anilines is 1. The quantitative estimate of drug-likeness (QED) is 0.686. The Balaban J connectivity index is 1.18. The summed E-state index contributed by atoms with van der Waals surface area (Å²) in [7, 11) is 0. The summed E-state index contributed by atoms with van der Waals surface area (Å²) >= 11 is 0. The number of hydrogen-bond acceptors (Lipinski definition) is 5. The van der Waals surface area contributed by atoms with Gasteiger partial charge in [-0.3, -0.25) is 9.59 Å². The molecule has 4 aliphatic rings. The van der Waals surface area contributed by atoms with E-state index in [4.69, 9.17) is 14.2 Å². The number of rotatable bonds is 5. The molecule has 0 bridgehead atoms. The molecular weight excluding hydrogens is 456 g/mol. The normalized spacial score (nSPS) is 24.3. The van der Waals surface area contributed by atoms with Crippen molar-refractivity contribution in [1.82, 2.24) is 5.32 Å². The molecule has 7 nitrogen and oxygen atoms in total. The first-order valence-electron chi connectivity index (χ1n) is 13.3. The smallest absolute Gasteiger partial charge is 0.231 e. The molecule has 2 aromatic carbocycles. The van der Waals surface area contributed by atoms with E-state index >= 15 is 0 Å². The van der Waals surface area contributed by atoms with E-state index in [9.17, 15) is 9.59 Å². The predicted octanol–water partition coefficient (Wildman–Crippen LogP) is 3.98. The number of ether oxygens (including phenoxy) is 3. The van der Waals surface area contributed by atoms with E-state index < -0.39 is 0 Å². The summed E-state index contributed by atoms with van der Waals surface area (Å²) in [6.07, 6.45) is 6.04. The van der Waals surface area contributed by atoms with Gasteiger partial charge in [0.25, 0.3) is 0 Å². The second-order valence-electron chi connectivity index (χ2n) is 10.5. The summed E-state index contributed by atoms with van der Waals surface area (Å²) in [6, 6.07) is 14.2. The molecular formula is C29H34N2O5. The molecule has 6 rings (SSSR count). The van der Waals surface area contributed by atoms with Crippen LogP contribution in [0.4, 0.5) is 5.69 Å². The van der Waals surface area contributed by atoms with Gasteiger partial charge in [-0.05, 0) is 61.4 Å². The molecule has 2 atom stereocenters. The van der Waals surface area contributed by atoms with Gasteiger partial charge in [0.2, 0.25) is 18.6 Å². The molecule has 2 fully saturated rings. The second-order valence-corrected chi connectivity index (χ2v) is 10.5. The van der Waals surface area contributed by atoms with Gasteiger partial charge < -0.3 is 24.4 Å². The van der Waals surface area contributed by atoms with Gasteiger partial charge in [0.15, 0.2) is 11.5 Å². The van der Waals surface area contributed by atoms with E-state index in [2.05, 4.69) is 23.5 Å². The van der Waals surface area contributed by atoms with Gasteiger partial charge in [-0.1, -0.05) is 37.1 Å². The Morgan fingerprint density at radius 2 is 1.75 bits per heavy atom. The van der Waals surface area contributed by atoms with Crippen LogP contribution in [0.3, 0.4) is 0 Å². The van der Waals surface area contributed by atoms with Gasteiger partial charge in [-0.2, -0.15) is 0 Å². The number of carbonyl (C=O) groups is 2. The SMILES string of the molecule is O=C(NCC1(c2ccc3c(c2)OCO3)CCOCC1)C1CCCCC1C(=O)N1CCc2ccccc21. The zero-order valence-electron chi connectivity index (χ0n) is 20.7. The molecule has 2 amide bonds. The Hall–Kier alpha value is -3.06. The molecule has 3 aliphatic heterocycles. The molecule has 1 N–H and O–H groups in total. The number of fused-ring (bicyclic) bond motifs is 2. The Bertz CT molecular complexity index is 1140. The molecule has 0 spiro atoms. The number of nitrogens with one attached hydrogen (secondary N) is 1. The number of carbonyl (C=O) groups excluding carboxylic acids is 2. The van der Waals surface area contributed by atoms with Gasteiger partial charge in [0, 0.05) is 43.3 Å². The average molecular weight is 491 g/mol. The summed E-state index contributed by atoms with van der Waals surface area (Å²) < 4.78 is 16.8. The van der Waals surface area contributed by atoms with Crippen LogP contribution in [-0.4, -0.2) is 44.9 Å². The second kappa shape index (κ2) is 9.77. The molecule has 0 radical (unpaired) electrons. The van der Waals surface area contributed by atoms with Crippen molar-refractivity contribution in [3.63, 3.8) is 0 Å². The lowest BCUT2D eigenvalue weighted by atomic mass is 9.73. The predicted molar refractivity (Wildman–Crippen MR) is 135 cm³/mol. The Morgan fingerprint density at radius 3 is 2.61 bits per heavy atom. The van der Waals surface area contributed by atoms with Crippen molar-refractivity contribution in [3.05, 3.63) is 53.6 Å². The highest BCUT2D eigenvalue weighted by Gasteiger charge is 2.41. The van der Waals surface area contributed by atoms with E-state index in [-0.39, 0.29) is 35.9 Å². The van der Waals surface area contributed by atoms with E-state index in [0.717, 1.165) is 67.7 Å². The van der Waals surface area contributed by atoms with Crippen LogP contribution < -0.4 is 19.7 Å². The van der Waals surface area contributed by atoms with E-state index in [1.807, 2.05) is 29.2 Å². The van der Waals surface area contributed by atoms with Gasteiger partial charge in [0.1, 0.15) is 0 Å². The van der Waals surface area contributed by atoms with Crippen LogP contribution in [0.25, 0.3) is 0 Å². The number of benzene rings is 2. The molecule has 1 aliphatic carbocycles. The highest BCUT2D eigenvalue weighted by Crippen LogP contribution is 2.41. The lowest BCUT2D eigenvalue weighted by molar-refractivity contribution is -0.135. The fourth-order valence-electron chi connectivity index (χ4n) is 6.45. The third-order valence-electron chi connectivity index (χ3n) is 8.61. The average Bonchev–Trinajstić information content (AvgIpc) is 3.59. The Kier molecular flexibility index (Phi) is 6.34. The summed E-state index contributed by atoms with van der Waals surface area (Å²) in [6.45, 7) is 2.78. The van der Waals surface area contributed by atoms with Crippen molar-refractivity contribution in [2.75, 3.05) is 38.0 Å². The van der Waals surface area contributed by atoms with Crippen molar-refractivity contribution >= 4 is 17.5 Å². The minimum atomic E-state index is -0.285. The summed E-state index contributed by atoms with van der Waals surface area (Å²) in [5.41, 5.74) is 3.14. The standard InChI is InChI=1S/C29H34N2O5/c32-27(22-6-2-3-7-23(22)28(33)31-14-11-20-5-1-4-8-24(20)31)30-18-29(12-15-34-16-13-29)21-9-10-25-26(17-21)36-19-35-25/h1,4-5,8-10,17,22-23H,2-3,6-7,11-16,18-19H2,(H,30,32). The first-order chi connectivity index (χ1) is 17.6. The minimum absolute atomic E-state index is 0.00661. The van der Waals surface area contributed by atoms with Crippen LogP contribution in [-0.2, 0) is 26.2 Å². The van der Waals surface area contributed by atoms with E-state index in [1.165, 1.54) is 5.56 Å². The van der Waals surface area contributed by atoms with Gasteiger partial charge in [0.05, 0.1) is 5.92 Å². The molecule has 190 valence electrons. The molecule has 2 unspecified atom stereocenters. The van der Waals surface area contributed by atoms with Crippen molar-refractivity contribution in [3.8, 4) is 11.5 Å². The first-order valence-corrected chi connectivity index (χ1v) is 13.3. The molecule has 0 aromatic heterocycles. The topological polar surface area (TPSA) is 77.1 Å². The third kappa shape index (κ3) is 4.23.